The molecule has 0 bridgehead atoms. The van der Waals surface area contributed by atoms with Crippen LogP contribution in [0.15, 0.2) is 71.9 Å². The molecule has 0 aliphatic carbocycles. The van der Waals surface area contributed by atoms with E-state index in [4.69, 9.17) is 4.42 Å². The summed E-state index contributed by atoms with van der Waals surface area (Å²) in [5, 5.41) is 8.21. The molecule has 2 aromatic carbocycles. The molecule has 0 spiro atoms. The van der Waals surface area contributed by atoms with E-state index in [1.54, 1.807) is 36.6 Å². The molecular weight excluding hydrogens is 380 g/mol. The number of aromatic nitrogens is 1. The first-order chi connectivity index (χ1) is 14.5. The molecule has 1 aromatic heterocycles. The maximum atomic E-state index is 12.1. The Morgan fingerprint density at radius 1 is 1.07 bits per heavy atom. The SMILES string of the molecule is C=CCNC(=O)c1ccc(NC(=O)NCCc2coc(-c3ccc(C)cc3)n2)cc1. The van der Waals surface area contributed by atoms with Crippen LogP contribution in [0.2, 0.25) is 0 Å². The lowest BCUT2D eigenvalue weighted by molar-refractivity contribution is 0.0958. The summed E-state index contributed by atoms with van der Waals surface area (Å²) in [6.45, 7) is 6.39. The number of hydrogen-bond acceptors (Lipinski definition) is 4. The number of carbonyl (C=O) groups excluding carboxylic acids is 2. The predicted octanol–water partition coefficient (Wildman–Crippen LogP) is 3.93. The molecule has 0 saturated carbocycles. The quantitative estimate of drug-likeness (QED) is 0.496. The van der Waals surface area contributed by atoms with Crippen molar-refractivity contribution in [2.24, 2.45) is 0 Å². The van der Waals surface area contributed by atoms with Gasteiger partial charge in [0.1, 0.15) is 6.26 Å². The Morgan fingerprint density at radius 3 is 2.50 bits per heavy atom. The molecule has 0 aliphatic rings. The lowest BCUT2D eigenvalue weighted by atomic mass is 10.1. The van der Waals surface area contributed by atoms with E-state index < -0.39 is 0 Å². The number of benzene rings is 2. The Kier molecular flexibility index (Phi) is 7.00. The molecule has 3 N–H and O–H groups in total. The van der Waals surface area contributed by atoms with Gasteiger partial charge in [0, 0.05) is 36.3 Å². The first-order valence-corrected chi connectivity index (χ1v) is 9.60. The van der Waals surface area contributed by atoms with E-state index in [0.717, 1.165) is 11.3 Å². The van der Waals surface area contributed by atoms with E-state index in [1.807, 2.05) is 31.2 Å². The average Bonchev–Trinajstić information content (AvgIpc) is 3.22. The number of amides is 3. The Balaban J connectivity index is 1.44. The fourth-order valence-electron chi connectivity index (χ4n) is 2.70. The van der Waals surface area contributed by atoms with Crippen molar-refractivity contribution in [1.82, 2.24) is 15.6 Å². The molecule has 154 valence electrons. The summed E-state index contributed by atoms with van der Waals surface area (Å²) in [6.07, 6.45) is 3.76. The molecule has 3 aromatic rings. The van der Waals surface area contributed by atoms with Gasteiger partial charge in [0.15, 0.2) is 0 Å². The molecule has 0 atom stereocenters. The second-order valence-corrected chi connectivity index (χ2v) is 6.72. The topological polar surface area (TPSA) is 96.3 Å². The zero-order valence-electron chi connectivity index (χ0n) is 16.8. The van der Waals surface area contributed by atoms with Crippen LogP contribution in [0, 0.1) is 6.92 Å². The number of nitrogens with zero attached hydrogens (tertiary/aromatic N) is 1. The third kappa shape index (κ3) is 5.81. The van der Waals surface area contributed by atoms with E-state index in [9.17, 15) is 9.59 Å². The van der Waals surface area contributed by atoms with Crippen molar-refractivity contribution in [3.05, 3.63) is 84.3 Å². The van der Waals surface area contributed by atoms with Gasteiger partial charge in [0.05, 0.1) is 5.69 Å². The second kappa shape index (κ2) is 10.1. The Morgan fingerprint density at radius 2 is 1.80 bits per heavy atom. The van der Waals surface area contributed by atoms with Gasteiger partial charge in [-0.2, -0.15) is 0 Å². The largest absolute Gasteiger partial charge is 0.444 e. The molecule has 7 nitrogen and oxygen atoms in total. The van der Waals surface area contributed by atoms with E-state index in [-0.39, 0.29) is 11.9 Å². The average molecular weight is 404 g/mol. The van der Waals surface area contributed by atoms with Crippen LogP contribution in [0.25, 0.3) is 11.5 Å². The minimum Gasteiger partial charge on any atom is -0.444 e. The lowest BCUT2D eigenvalue weighted by Gasteiger charge is -2.08. The van der Waals surface area contributed by atoms with Gasteiger partial charge in [0.2, 0.25) is 5.89 Å². The first-order valence-electron chi connectivity index (χ1n) is 9.60. The first kappa shape index (κ1) is 20.9. The summed E-state index contributed by atoms with van der Waals surface area (Å²) in [6, 6.07) is 14.3. The summed E-state index contributed by atoms with van der Waals surface area (Å²) in [5.74, 6) is 0.371. The van der Waals surface area contributed by atoms with Crippen LogP contribution >= 0.6 is 0 Å². The van der Waals surface area contributed by atoms with Gasteiger partial charge < -0.3 is 20.4 Å². The van der Waals surface area contributed by atoms with E-state index in [0.29, 0.717) is 36.7 Å². The molecule has 0 aliphatic heterocycles. The summed E-state index contributed by atoms with van der Waals surface area (Å²) in [7, 11) is 0. The smallest absolute Gasteiger partial charge is 0.319 e. The van der Waals surface area contributed by atoms with E-state index in [2.05, 4.69) is 27.5 Å². The third-order valence-electron chi connectivity index (χ3n) is 4.33. The van der Waals surface area contributed by atoms with Gasteiger partial charge in [-0.25, -0.2) is 9.78 Å². The number of oxazole rings is 1. The van der Waals surface area contributed by atoms with Crippen LogP contribution in [0.1, 0.15) is 21.6 Å². The summed E-state index contributed by atoms with van der Waals surface area (Å²) in [4.78, 5) is 28.4. The number of nitrogens with one attached hydrogen (secondary N) is 3. The van der Waals surface area contributed by atoms with Crippen LogP contribution < -0.4 is 16.0 Å². The predicted molar refractivity (Wildman–Crippen MR) is 116 cm³/mol. The number of urea groups is 1. The number of rotatable bonds is 8. The zero-order valence-corrected chi connectivity index (χ0v) is 16.8. The molecule has 3 rings (SSSR count). The van der Waals surface area contributed by atoms with Crippen molar-refractivity contribution in [2.75, 3.05) is 18.4 Å². The summed E-state index contributed by atoms with van der Waals surface area (Å²) >= 11 is 0. The highest BCUT2D eigenvalue weighted by atomic mass is 16.3. The van der Waals surface area contributed by atoms with Crippen molar-refractivity contribution in [3.8, 4) is 11.5 Å². The van der Waals surface area contributed by atoms with Gasteiger partial charge in [-0.3, -0.25) is 4.79 Å². The van der Waals surface area contributed by atoms with Crippen molar-refractivity contribution < 1.29 is 14.0 Å². The van der Waals surface area contributed by atoms with E-state index in [1.165, 1.54) is 5.56 Å². The van der Waals surface area contributed by atoms with Gasteiger partial charge >= 0.3 is 6.03 Å². The standard InChI is InChI=1S/C23H24N4O3/c1-3-13-24-21(28)17-8-10-19(11-9-17)27-23(29)25-14-12-20-15-30-22(26-20)18-6-4-16(2)5-7-18/h3-11,15H,1,12-14H2,2H3,(H,24,28)(H2,25,27,29). The minimum absolute atomic E-state index is 0.191. The van der Waals surface area contributed by atoms with Gasteiger partial charge in [0.25, 0.3) is 5.91 Å². The molecule has 0 fully saturated rings. The third-order valence-corrected chi connectivity index (χ3v) is 4.33. The maximum Gasteiger partial charge on any atom is 0.319 e. The van der Waals surface area contributed by atoms with E-state index >= 15 is 0 Å². The number of hydrogen-bond donors (Lipinski definition) is 3. The maximum absolute atomic E-state index is 12.1. The molecule has 0 radical (unpaired) electrons. The van der Waals surface area contributed by atoms with Crippen LogP contribution in [0.4, 0.5) is 10.5 Å². The van der Waals surface area contributed by atoms with Crippen LogP contribution in [0.3, 0.4) is 0 Å². The fourth-order valence-corrected chi connectivity index (χ4v) is 2.70. The Labute approximate surface area is 175 Å². The van der Waals surface area contributed by atoms with Crippen LogP contribution in [-0.4, -0.2) is 30.0 Å². The number of carbonyl (C=O) groups is 2. The fraction of sp³-hybridized carbons (Fsp3) is 0.174. The number of anilines is 1. The molecule has 0 saturated heterocycles. The molecule has 30 heavy (non-hydrogen) atoms. The highest BCUT2D eigenvalue weighted by molar-refractivity contribution is 5.95. The molecule has 7 heteroatoms. The van der Waals surface area contributed by atoms with Crippen LogP contribution in [-0.2, 0) is 6.42 Å². The summed E-state index contributed by atoms with van der Waals surface area (Å²) < 4.78 is 5.52. The summed E-state index contributed by atoms with van der Waals surface area (Å²) in [5.41, 5.74) is 3.96. The highest BCUT2D eigenvalue weighted by Crippen LogP contribution is 2.19. The van der Waals surface area contributed by atoms with Gasteiger partial charge in [-0.05, 0) is 43.3 Å². The normalized spacial score (nSPS) is 10.3. The Hall–Kier alpha value is -3.87. The lowest BCUT2D eigenvalue weighted by Crippen LogP contribution is -2.30. The van der Waals surface area contributed by atoms with Crippen LogP contribution in [0.5, 0.6) is 0 Å². The molecular formula is C23H24N4O3. The molecule has 3 amide bonds. The Bertz CT molecular complexity index is 1010. The van der Waals surface area contributed by atoms with Gasteiger partial charge in [-0.15, -0.1) is 6.58 Å². The van der Waals surface area contributed by atoms with Crippen molar-refractivity contribution in [2.45, 2.75) is 13.3 Å². The monoisotopic (exact) mass is 404 g/mol. The second-order valence-electron chi connectivity index (χ2n) is 6.72. The van der Waals surface area contributed by atoms with Crippen molar-refractivity contribution >= 4 is 17.6 Å². The van der Waals surface area contributed by atoms with Gasteiger partial charge in [-0.1, -0.05) is 23.8 Å². The van der Waals surface area contributed by atoms with Crippen molar-refractivity contribution in [1.29, 1.82) is 0 Å². The minimum atomic E-state index is -0.332. The zero-order chi connectivity index (χ0) is 21.3. The van der Waals surface area contributed by atoms with Crippen molar-refractivity contribution in [3.63, 3.8) is 0 Å². The molecule has 1 heterocycles. The molecule has 0 unspecified atom stereocenters. The number of aryl methyl sites for hydroxylation is 1. The highest BCUT2D eigenvalue weighted by Gasteiger charge is 2.08.